The number of carbonyl (C=O) groups is 1. The molecule has 2 N–H and O–H groups in total. The van der Waals surface area contributed by atoms with Gasteiger partial charge in [0.05, 0.1) is 12.6 Å². The molecule has 0 radical (unpaired) electrons. The summed E-state index contributed by atoms with van der Waals surface area (Å²) in [5.41, 5.74) is 2.19. The molecule has 0 aliphatic rings. The van der Waals surface area contributed by atoms with Crippen molar-refractivity contribution >= 4 is 5.91 Å². The van der Waals surface area contributed by atoms with E-state index >= 15 is 0 Å². The Hall–Kier alpha value is -1.39. The molecule has 17 heavy (non-hydrogen) atoms. The van der Waals surface area contributed by atoms with Crippen LogP contribution in [0.15, 0.2) is 24.3 Å². The van der Waals surface area contributed by atoms with E-state index in [1.54, 1.807) is 14.2 Å². The second-order valence-corrected chi connectivity index (χ2v) is 3.93. The number of nitrogens with one attached hydrogen (secondary N) is 2. The molecule has 1 aromatic carbocycles. The van der Waals surface area contributed by atoms with Crippen LogP contribution in [0.5, 0.6) is 0 Å². The summed E-state index contributed by atoms with van der Waals surface area (Å²) in [6.45, 7) is 2.93. The van der Waals surface area contributed by atoms with E-state index in [-0.39, 0.29) is 11.9 Å². The molecule has 4 nitrogen and oxygen atoms in total. The number of ether oxygens (including phenoxy) is 1. The van der Waals surface area contributed by atoms with E-state index in [9.17, 15) is 4.79 Å². The standard InChI is InChI=1S/C13H20N2O2/c1-10(14-2)13(16)15-8-11-6-4-5-7-12(11)9-17-3/h4-7,10,14H,8-9H2,1-3H3,(H,15,16). The van der Waals surface area contributed by atoms with Crippen LogP contribution in [0.2, 0.25) is 0 Å². The third kappa shape index (κ3) is 4.17. The number of hydrogen-bond acceptors (Lipinski definition) is 3. The van der Waals surface area contributed by atoms with Gasteiger partial charge in [-0.2, -0.15) is 0 Å². The van der Waals surface area contributed by atoms with Gasteiger partial charge in [-0.15, -0.1) is 0 Å². The summed E-state index contributed by atoms with van der Waals surface area (Å²) >= 11 is 0. The maximum atomic E-state index is 11.6. The first-order chi connectivity index (χ1) is 8.19. The fourth-order valence-electron chi connectivity index (χ4n) is 1.49. The summed E-state index contributed by atoms with van der Waals surface area (Å²) in [4.78, 5) is 11.6. The van der Waals surface area contributed by atoms with Gasteiger partial charge in [-0.25, -0.2) is 0 Å². The maximum absolute atomic E-state index is 11.6. The highest BCUT2D eigenvalue weighted by molar-refractivity contribution is 5.81. The van der Waals surface area contributed by atoms with E-state index < -0.39 is 0 Å². The third-order valence-corrected chi connectivity index (χ3v) is 2.70. The first-order valence-corrected chi connectivity index (χ1v) is 5.69. The number of hydrogen-bond donors (Lipinski definition) is 2. The Morgan fingerprint density at radius 3 is 2.59 bits per heavy atom. The van der Waals surface area contributed by atoms with Gasteiger partial charge in [-0.1, -0.05) is 24.3 Å². The number of carbonyl (C=O) groups excluding carboxylic acids is 1. The van der Waals surface area contributed by atoms with Gasteiger partial charge < -0.3 is 15.4 Å². The van der Waals surface area contributed by atoms with Crippen LogP contribution < -0.4 is 10.6 Å². The molecule has 0 heterocycles. The molecule has 0 fully saturated rings. The third-order valence-electron chi connectivity index (χ3n) is 2.70. The van der Waals surface area contributed by atoms with Gasteiger partial charge in [0.2, 0.25) is 5.91 Å². The van der Waals surface area contributed by atoms with Gasteiger partial charge in [0.1, 0.15) is 0 Å². The molecule has 4 heteroatoms. The van der Waals surface area contributed by atoms with Crippen LogP contribution in [-0.4, -0.2) is 26.1 Å². The smallest absolute Gasteiger partial charge is 0.237 e. The SMILES string of the molecule is CNC(C)C(=O)NCc1ccccc1COC. The zero-order valence-corrected chi connectivity index (χ0v) is 10.6. The van der Waals surface area contributed by atoms with Crippen LogP contribution in [0.1, 0.15) is 18.1 Å². The van der Waals surface area contributed by atoms with Crippen molar-refractivity contribution in [1.82, 2.24) is 10.6 Å². The molecule has 0 aliphatic heterocycles. The molecule has 0 aliphatic carbocycles. The molecular formula is C13H20N2O2. The quantitative estimate of drug-likeness (QED) is 0.776. The summed E-state index contributed by atoms with van der Waals surface area (Å²) in [7, 11) is 3.43. The minimum absolute atomic E-state index is 0.000259. The van der Waals surface area contributed by atoms with E-state index in [2.05, 4.69) is 10.6 Å². The fraction of sp³-hybridized carbons (Fsp3) is 0.462. The Kier molecular flexibility index (Phi) is 5.66. The first-order valence-electron chi connectivity index (χ1n) is 5.69. The number of benzene rings is 1. The lowest BCUT2D eigenvalue weighted by Crippen LogP contribution is -2.40. The fourth-order valence-corrected chi connectivity index (χ4v) is 1.49. The Bertz CT molecular complexity index is 366. The van der Waals surface area contributed by atoms with Crippen molar-refractivity contribution in [3.05, 3.63) is 35.4 Å². The molecule has 1 unspecified atom stereocenters. The molecule has 1 amide bonds. The lowest BCUT2D eigenvalue weighted by molar-refractivity contribution is -0.122. The highest BCUT2D eigenvalue weighted by Gasteiger charge is 2.10. The van der Waals surface area contributed by atoms with Crippen molar-refractivity contribution in [2.24, 2.45) is 0 Å². The summed E-state index contributed by atoms with van der Waals surface area (Å²) in [6.07, 6.45) is 0. The number of rotatable bonds is 6. The molecule has 1 aromatic rings. The van der Waals surface area contributed by atoms with Gasteiger partial charge in [0.25, 0.3) is 0 Å². The van der Waals surface area contributed by atoms with E-state index in [1.807, 2.05) is 31.2 Å². The van der Waals surface area contributed by atoms with E-state index in [1.165, 1.54) is 0 Å². The maximum Gasteiger partial charge on any atom is 0.237 e. The highest BCUT2D eigenvalue weighted by atomic mass is 16.5. The van der Waals surface area contributed by atoms with Crippen LogP contribution in [0.4, 0.5) is 0 Å². The van der Waals surface area contributed by atoms with Gasteiger partial charge in [-0.3, -0.25) is 4.79 Å². The van der Waals surface area contributed by atoms with Gasteiger partial charge >= 0.3 is 0 Å². The summed E-state index contributed by atoms with van der Waals surface area (Å²) in [5, 5.41) is 5.80. The van der Waals surface area contributed by atoms with Crippen molar-refractivity contribution in [1.29, 1.82) is 0 Å². The zero-order valence-electron chi connectivity index (χ0n) is 10.6. The summed E-state index contributed by atoms with van der Waals surface area (Å²) in [6, 6.07) is 7.76. The molecular weight excluding hydrogens is 216 g/mol. The Balaban J connectivity index is 2.59. The average molecular weight is 236 g/mol. The van der Waals surface area contributed by atoms with Gasteiger partial charge in [0.15, 0.2) is 0 Å². The molecule has 94 valence electrons. The van der Waals surface area contributed by atoms with Crippen LogP contribution >= 0.6 is 0 Å². The van der Waals surface area contributed by atoms with Crippen molar-refractivity contribution in [2.75, 3.05) is 14.2 Å². The van der Waals surface area contributed by atoms with Crippen LogP contribution in [0.3, 0.4) is 0 Å². The van der Waals surface area contributed by atoms with Crippen molar-refractivity contribution in [2.45, 2.75) is 26.1 Å². The van der Waals surface area contributed by atoms with Crippen LogP contribution in [0, 0.1) is 0 Å². The lowest BCUT2D eigenvalue weighted by atomic mass is 10.1. The molecule has 1 atom stereocenters. The van der Waals surface area contributed by atoms with Crippen molar-refractivity contribution in [3.8, 4) is 0 Å². The summed E-state index contributed by atoms with van der Waals surface area (Å²) in [5.74, 6) is -0.000259. The number of likely N-dealkylation sites (N-methyl/N-ethyl adjacent to an activating group) is 1. The van der Waals surface area contributed by atoms with E-state index in [0.29, 0.717) is 13.2 Å². The predicted molar refractivity (Wildman–Crippen MR) is 67.5 cm³/mol. The molecule has 0 aromatic heterocycles. The zero-order chi connectivity index (χ0) is 12.7. The normalized spacial score (nSPS) is 12.2. The second-order valence-electron chi connectivity index (χ2n) is 3.93. The predicted octanol–water partition coefficient (Wildman–Crippen LogP) is 1.06. The molecule has 0 saturated carbocycles. The topological polar surface area (TPSA) is 50.4 Å². The first kappa shape index (κ1) is 13.7. The summed E-state index contributed by atoms with van der Waals surface area (Å²) < 4.78 is 5.12. The Labute approximate surface area is 102 Å². The molecule has 1 rings (SSSR count). The van der Waals surface area contributed by atoms with Crippen LogP contribution in [0.25, 0.3) is 0 Å². The second kappa shape index (κ2) is 7.04. The average Bonchev–Trinajstić information content (AvgIpc) is 2.36. The van der Waals surface area contributed by atoms with Crippen LogP contribution in [-0.2, 0) is 22.7 Å². The van der Waals surface area contributed by atoms with Gasteiger partial charge in [0, 0.05) is 13.7 Å². The van der Waals surface area contributed by atoms with Crippen molar-refractivity contribution in [3.63, 3.8) is 0 Å². The molecule has 0 bridgehead atoms. The minimum atomic E-state index is -0.176. The minimum Gasteiger partial charge on any atom is -0.380 e. The number of amides is 1. The van der Waals surface area contributed by atoms with E-state index in [4.69, 9.17) is 4.74 Å². The molecule has 0 saturated heterocycles. The van der Waals surface area contributed by atoms with Gasteiger partial charge in [-0.05, 0) is 25.1 Å². The largest absolute Gasteiger partial charge is 0.380 e. The molecule has 0 spiro atoms. The highest BCUT2D eigenvalue weighted by Crippen LogP contribution is 2.09. The van der Waals surface area contributed by atoms with E-state index in [0.717, 1.165) is 11.1 Å². The Morgan fingerprint density at radius 2 is 2.00 bits per heavy atom. The number of methoxy groups -OCH3 is 1. The van der Waals surface area contributed by atoms with Crippen molar-refractivity contribution < 1.29 is 9.53 Å². The lowest BCUT2D eigenvalue weighted by Gasteiger charge is -2.13. The Morgan fingerprint density at radius 1 is 1.35 bits per heavy atom. The monoisotopic (exact) mass is 236 g/mol.